The Labute approximate surface area is 160 Å². The maximum absolute atomic E-state index is 5.89. The fraction of sp³-hybridized carbons (Fsp3) is 0.263. The lowest BCUT2D eigenvalue weighted by molar-refractivity contribution is 0.290. The molecule has 6 heteroatoms. The van der Waals surface area contributed by atoms with E-state index >= 15 is 0 Å². The molecule has 130 valence electrons. The first-order valence-electron chi connectivity index (χ1n) is 7.98. The molecule has 0 aliphatic carbocycles. The van der Waals surface area contributed by atoms with E-state index in [1.807, 2.05) is 35.9 Å². The Morgan fingerprint density at radius 3 is 2.56 bits per heavy atom. The van der Waals surface area contributed by atoms with Crippen LogP contribution in [-0.4, -0.2) is 14.8 Å². The van der Waals surface area contributed by atoms with E-state index in [4.69, 9.17) is 4.74 Å². The number of aryl methyl sites for hydroxylation is 2. The first-order valence-corrected chi connectivity index (χ1v) is 9.76. The summed E-state index contributed by atoms with van der Waals surface area (Å²) in [6.45, 7) is 4.54. The summed E-state index contributed by atoms with van der Waals surface area (Å²) in [6, 6.07) is 14.5. The number of hydrogen-bond donors (Lipinski definition) is 0. The van der Waals surface area contributed by atoms with Gasteiger partial charge in [0.15, 0.2) is 11.0 Å². The van der Waals surface area contributed by atoms with Gasteiger partial charge in [-0.1, -0.05) is 45.9 Å². The van der Waals surface area contributed by atoms with Crippen molar-refractivity contribution in [3.05, 3.63) is 69.5 Å². The van der Waals surface area contributed by atoms with Crippen molar-refractivity contribution in [2.24, 2.45) is 7.05 Å². The quantitative estimate of drug-likeness (QED) is 0.525. The lowest BCUT2D eigenvalue weighted by atomic mass is 10.1. The van der Waals surface area contributed by atoms with E-state index < -0.39 is 0 Å². The number of hydrogen-bond acceptors (Lipinski definition) is 4. The van der Waals surface area contributed by atoms with E-state index in [1.54, 1.807) is 11.8 Å². The van der Waals surface area contributed by atoms with Crippen molar-refractivity contribution < 1.29 is 4.74 Å². The zero-order chi connectivity index (χ0) is 17.8. The van der Waals surface area contributed by atoms with Gasteiger partial charge in [0.1, 0.15) is 12.4 Å². The molecule has 0 bridgehead atoms. The van der Waals surface area contributed by atoms with Gasteiger partial charge in [-0.05, 0) is 54.8 Å². The van der Waals surface area contributed by atoms with Crippen molar-refractivity contribution in [2.75, 3.05) is 0 Å². The van der Waals surface area contributed by atoms with Crippen LogP contribution in [0.4, 0.5) is 0 Å². The second-order valence-electron chi connectivity index (χ2n) is 5.99. The third kappa shape index (κ3) is 4.86. The number of ether oxygens (including phenoxy) is 1. The van der Waals surface area contributed by atoms with Crippen LogP contribution < -0.4 is 4.74 Å². The van der Waals surface area contributed by atoms with Gasteiger partial charge in [-0.2, -0.15) is 0 Å². The Hall–Kier alpha value is -1.79. The van der Waals surface area contributed by atoms with Gasteiger partial charge < -0.3 is 9.30 Å². The fourth-order valence-corrected chi connectivity index (χ4v) is 3.85. The van der Waals surface area contributed by atoms with Crippen LogP contribution >= 0.6 is 27.7 Å². The summed E-state index contributed by atoms with van der Waals surface area (Å²) < 4.78 is 8.97. The van der Waals surface area contributed by atoms with Gasteiger partial charge in [0.05, 0.1) is 0 Å². The predicted octanol–water partition coefficient (Wildman–Crippen LogP) is 5.07. The lowest BCUT2D eigenvalue weighted by Crippen LogP contribution is -2.04. The third-order valence-corrected chi connectivity index (χ3v) is 5.33. The maximum Gasteiger partial charge on any atom is 0.191 e. The van der Waals surface area contributed by atoms with Crippen LogP contribution in [0.2, 0.25) is 0 Å². The summed E-state index contributed by atoms with van der Waals surface area (Å²) in [7, 11) is 1.98. The molecule has 3 aromatic rings. The highest BCUT2D eigenvalue weighted by molar-refractivity contribution is 9.10. The summed E-state index contributed by atoms with van der Waals surface area (Å²) in [5.74, 6) is 2.53. The van der Waals surface area contributed by atoms with Crippen molar-refractivity contribution >= 4 is 27.7 Å². The second kappa shape index (κ2) is 8.06. The number of halogens is 1. The Balaban J connectivity index is 1.62. The van der Waals surface area contributed by atoms with E-state index in [0.29, 0.717) is 6.61 Å². The van der Waals surface area contributed by atoms with Gasteiger partial charge in [0.2, 0.25) is 0 Å². The molecule has 3 rings (SSSR count). The smallest absolute Gasteiger partial charge is 0.191 e. The molecule has 0 radical (unpaired) electrons. The van der Waals surface area contributed by atoms with Gasteiger partial charge in [0, 0.05) is 17.3 Å². The summed E-state index contributed by atoms with van der Waals surface area (Å²) in [6.07, 6.45) is 0. The first kappa shape index (κ1) is 18.0. The molecule has 0 aliphatic rings. The van der Waals surface area contributed by atoms with Crippen LogP contribution in [-0.2, 0) is 19.4 Å². The van der Waals surface area contributed by atoms with Crippen molar-refractivity contribution in [2.45, 2.75) is 31.4 Å². The highest BCUT2D eigenvalue weighted by atomic mass is 79.9. The molecule has 0 atom stereocenters. The molecular weight excluding hydrogens is 398 g/mol. The Bertz CT molecular complexity index is 859. The standard InChI is InChI=1S/C19H20BrN3OS/c1-13-7-14(2)9-17(8-13)24-11-18-21-22-19(23(18)3)25-12-15-5-4-6-16(20)10-15/h4-10H,11-12H2,1-3H3. The lowest BCUT2D eigenvalue weighted by Gasteiger charge is -2.08. The highest BCUT2D eigenvalue weighted by Gasteiger charge is 2.10. The summed E-state index contributed by atoms with van der Waals surface area (Å²) in [4.78, 5) is 0. The Morgan fingerprint density at radius 2 is 1.84 bits per heavy atom. The maximum atomic E-state index is 5.89. The largest absolute Gasteiger partial charge is 0.486 e. The third-order valence-electron chi connectivity index (χ3n) is 3.75. The van der Waals surface area contributed by atoms with Crippen molar-refractivity contribution in [1.29, 1.82) is 0 Å². The molecule has 0 N–H and O–H groups in total. The highest BCUT2D eigenvalue weighted by Crippen LogP contribution is 2.23. The van der Waals surface area contributed by atoms with E-state index in [9.17, 15) is 0 Å². The summed E-state index contributed by atoms with van der Waals surface area (Å²) in [5, 5.41) is 9.44. The molecular formula is C19H20BrN3OS. The average molecular weight is 418 g/mol. The molecule has 1 aromatic heterocycles. The van der Waals surface area contributed by atoms with Crippen LogP contribution in [0.25, 0.3) is 0 Å². The Morgan fingerprint density at radius 1 is 1.08 bits per heavy atom. The Kier molecular flexibility index (Phi) is 5.81. The van der Waals surface area contributed by atoms with Crippen molar-refractivity contribution in [1.82, 2.24) is 14.8 Å². The molecule has 0 spiro atoms. The minimum atomic E-state index is 0.407. The summed E-state index contributed by atoms with van der Waals surface area (Å²) >= 11 is 5.17. The van der Waals surface area contributed by atoms with Crippen LogP contribution in [0.5, 0.6) is 5.75 Å². The van der Waals surface area contributed by atoms with Gasteiger partial charge >= 0.3 is 0 Å². The number of benzene rings is 2. The molecule has 0 saturated heterocycles. The van der Waals surface area contributed by atoms with Gasteiger partial charge in [-0.15, -0.1) is 10.2 Å². The minimum absolute atomic E-state index is 0.407. The minimum Gasteiger partial charge on any atom is -0.486 e. The molecule has 4 nitrogen and oxygen atoms in total. The van der Waals surface area contributed by atoms with E-state index in [-0.39, 0.29) is 0 Å². The van der Waals surface area contributed by atoms with Crippen LogP contribution in [0.15, 0.2) is 52.1 Å². The fourth-order valence-electron chi connectivity index (χ4n) is 2.54. The van der Waals surface area contributed by atoms with E-state index in [1.165, 1.54) is 16.7 Å². The van der Waals surface area contributed by atoms with Gasteiger partial charge in [-0.25, -0.2) is 0 Å². The number of nitrogens with zero attached hydrogens (tertiary/aromatic N) is 3. The van der Waals surface area contributed by atoms with E-state index in [0.717, 1.165) is 27.0 Å². The average Bonchev–Trinajstić information content (AvgIpc) is 2.90. The predicted molar refractivity (Wildman–Crippen MR) is 105 cm³/mol. The van der Waals surface area contributed by atoms with E-state index in [2.05, 4.69) is 58.2 Å². The molecule has 0 aliphatic heterocycles. The van der Waals surface area contributed by atoms with Gasteiger partial charge in [-0.3, -0.25) is 0 Å². The van der Waals surface area contributed by atoms with Crippen molar-refractivity contribution in [3.8, 4) is 5.75 Å². The molecule has 1 heterocycles. The summed E-state index contributed by atoms with van der Waals surface area (Å²) in [5.41, 5.74) is 3.63. The van der Waals surface area contributed by atoms with Gasteiger partial charge in [0.25, 0.3) is 0 Å². The number of rotatable bonds is 6. The van der Waals surface area contributed by atoms with Crippen LogP contribution in [0, 0.1) is 13.8 Å². The SMILES string of the molecule is Cc1cc(C)cc(OCc2nnc(SCc3cccc(Br)c3)n2C)c1. The van der Waals surface area contributed by atoms with Crippen LogP contribution in [0.3, 0.4) is 0 Å². The molecule has 0 unspecified atom stereocenters. The zero-order valence-corrected chi connectivity index (χ0v) is 16.9. The number of thioether (sulfide) groups is 1. The molecule has 25 heavy (non-hydrogen) atoms. The molecule has 0 amide bonds. The molecule has 0 saturated carbocycles. The first-order chi connectivity index (χ1) is 12.0. The molecule has 0 fully saturated rings. The monoisotopic (exact) mass is 417 g/mol. The number of aromatic nitrogens is 3. The topological polar surface area (TPSA) is 39.9 Å². The second-order valence-corrected chi connectivity index (χ2v) is 7.85. The molecule has 2 aromatic carbocycles. The van der Waals surface area contributed by atoms with Crippen molar-refractivity contribution in [3.63, 3.8) is 0 Å². The zero-order valence-electron chi connectivity index (χ0n) is 14.5. The van der Waals surface area contributed by atoms with Crippen LogP contribution in [0.1, 0.15) is 22.5 Å². The normalized spacial score (nSPS) is 10.9.